The van der Waals surface area contributed by atoms with Gasteiger partial charge in [-0.05, 0) is 6.92 Å². The first-order valence-electron chi connectivity index (χ1n) is 5.46. The molecule has 98 valence electrons. The predicted octanol–water partition coefficient (Wildman–Crippen LogP) is -1.04. The van der Waals surface area contributed by atoms with Gasteiger partial charge in [-0.2, -0.15) is 0 Å². The minimum absolute atomic E-state index is 0.388. The largest absolute Gasteiger partial charge is 0.378 e. The van der Waals surface area contributed by atoms with Gasteiger partial charge in [0.15, 0.2) is 0 Å². The van der Waals surface area contributed by atoms with Crippen LogP contribution in [0.1, 0.15) is 13.3 Å². The molecule has 0 aromatic heterocycles. The first-order valence-corrected chi connectivity index (χ1v) is 5.46. The van der Waals surface area contributed by atoms with E-state index in [1.54, 1.807) is 14.0 Å². The van der Waals surface area contributed by atoms with E-state index in [1.807, 2.05) is 5.32 Å². The van der Waals surface area contributed by atoms with Crippen molar-refractivity contribution in [1.29, 1.82) is 0 Å². The zero-order valence-electron chi connectivity index (χ0n) is 10.1. The van der Waals surface area contributed by atoms with E-state index in [2.05, 4.69) is 5.32 Å². The van der Waals surface area contributed by atoms with Crippen LogP contribution < -0.4 is 16.4 Å². The minimum Gasteiger partial charge on any atom is -0.378 e. The Kier molecular flexibility index (Phi) is 4.86. The molecule has 0 saturated carbocycles. The average molecular weight is 245 g/mol. The van der Waals surface area contributed by atoms with Crippen molar-refractivity contribution in [1.82, 2.24) is 10.6 Å². The maximum absolute atomic E-state index is 11.4. The molecule has 7 nitrogen and oxygen atoms in total. The van der Waals surface area contributed by atoms with Crippen molar-refractivity contribution in [2.24, 2.45) is 5.73 Å². The Balaban J connectivity index is 2.38. The summed E-state index contributed by atoms with van der Waals surface area (Å²) in [5, 5.41) is 5.01. The molecule has 0 radical (unpaired) electrons. The summed E-state index contributed by atoms with van der Waals surface area (Å²) >= 11 is 0. The highest BCUT2D eigenvalue weighted by Crippen LogP contribution is 2.21. The van der Waals surface area contributed by atoms with Gasteiger partial charge in [0.05, 0.1) is 12.6 Å². The number of hydrogen-bond donors (Lipinski definition) is 3. The Bertz CT molecular complexity index is 289. The highest BCUT2D eigenvalue weighted by molar-refractivity contribution is 5.96. The maximum Gasteiger partial charge on any atom is 0.318 e. The number of amides is 3. The molecule has 1 saturated heterocycles. The van der Waals surface area contributed by atoms with Gasteiger partial charge < -0.3 is 20.5 Å². The van der Waals surface area contributed by atoms with Crippen molar-refractivity contribution in [3.8, 4) is 0 Å². The number of methoxy groups -OCH3 is 1. The fourth-order valence-corrected chi connectivity index (χ4v) is 1.62. The van der Waals surface area contributed by atoms with E-state index < -0.39 is 18.0 Å². The monoisotopic (exact) mass is 245 g/mol. The van der Waals surface area contributed by atoms with Crippen LogP contribution in [0.4, 0.5) is 4.79 Å². The summed E-state index contributed by atoms with van der Waals surface area (Å²) in [5.41, 5.74) is 4.47. The summed E-state index contributed by atoms with van der Waals surface area (Å²) < 4.78 is 10.7. The zero-order chi connectivity index (χ0) is 12.9. The molecule has 17 heavy (non-hydrogen) atoms. The number of nitrogens with one attached hydrogen (secondary N) is 2. The van der Waals surface area contributed by atoms with E-state index in [0.29, 0.717) is 19.8 Å². The van der Waals surface area contributed by atoms with Gasteiger partial charge in [-0.15, -0.1) is 0 Å². The van der Waals surface area contributed by atoms with E-state index in [1.165, 1.54) is 0 Å². The Morgan fingerprint density at radius 2 is 2.29 bits per heavy atom. The van der Waals surface area contributed by atoms with E-state index in [9.17, 15) is 9.59 Å². The van der Waals surface area contributed by atoms with E-state index in [0.717, 1.165) is 6.42 Å². The summed E-state index contributed by atoms with van der Waals surface area (Å²) in [6.07, 6.45) is 0.778. The number of imide groups is 1. The fraction of sp³-hybridized carbons (Fsp3) is 0.800. The summed E-state index contributed by atoms with van der Waals surface area (Å²) in [7, 11) is 1.62. The molecule has 7 heteroatoms. The normalized spacial score (nSPS) is 25.5. The van der Waals surface area contributed by atoms with Crippen LogP contribution in [0, 0.1) is 0 Å². The van der Waals surface area contributed by atoms with Crippen LogP contribution in [0.2, 0.25) is 0 Å². The molecule has 3 amide bonds. The number of carbonyl (C=O) groups excluding carboxylic acids is 2. The minimum atomic E-state index is -0.852. The van der Waals surface area contributed by atoms with Gasteiger partial charge in [-0.1, -0.05) is 0 Å². The number of ether oxygens (including phenoxy) is 2. The van der Waals surface area contributed by atoms with Crippen molar-refractivity contribution in [2.45, 2.75) is 25.0 Å². The lowest BCUT2D eigenvalue weighted by atomic mass is 10.0. The third kappa shape index (κ3) is 3.95. The molecular weight excluding hydrogens is 226 g/mol. The summed E-state index contributed by atoms with van der Waals surface area (Å²) in [4.78, 5) is 21.9. The Labute approximate surface area is 100 Å². The van der Waals surface area contributed by atoms with Crippen LogP contribution in [0.25, 0.3) is 0 Å². The van der Waals surface area contributed by atoms with Crippen LogP contribution in [0.15, 0.2) is 0 Å². The smallest absolute Gasteiger partial charge is 0.318 e. The van der Waals surface area contributed by atoms with Gasteiger partial charge >= 0.3 is 6.03 Å². The maximum atomic E-state index is 11.4. The van der Waals surface area contributed by atoms with Gasteiger partial charge in [0, 0.05) is 26.7 Å². The van der Waals surface area contributed by atoms with Gasteiger partial charge in [0.25, 0.3) is 0 Å². The van der Waals surface area contributed by atoms with E-state index in [-0.39, 0.29) is 5.60 Å². The van der Waals surface area contributed by atoms with Crippen molar-refractivity contribution in [2.75, 3.05) is 26.9 Å². The lowest BCUT2D eigenvalue weighted by Gasteiger charge is -2.27. The molecule has 2 atom stereocenters. The van der Waals surface area contributed by atoms with E-state index >= 15 is 0 Å². The van der Waals surface area contributed by atoms with Gasteiger partial charge in [-0.25, -0.2) is 4.79 Å². The molecule has 1 rings (SSSR count). The summed E-state index contributed by atoms with van der Waals surface area (Å²) in [6, 6.07) is -1.37. The first kappa shape index (κ1) is 13.9. The summed E-state index contributed by atoms with van der Waals surface area (Å²) in [5.74, 6) is -0.456. The predicted molar refractivity (Wildman–Crippen MR) is 60.4 cm³/mol. The summed E-state index contributed by atoms with van der Waals surface area (Å²) in [6.45, 7) is 3.28. The second kappa shape index (κ2) is 5.95. The number of nitrogens with two attached hydrogens (primary N) is 1. The highest BCUT2D eigenvalue weighted by Gasteiger charge is 2.35. The molecule has 4 N–H and O–H groups in total. The van der Waals surface area contributed by atoms with Gasteiger partial charge in [0.2, 0.25) is 5.91 Å². The third-order valence-electron chi connectivity index (χ3n) is 2.87. The van der Waals surface area contributed by atoms with Gasteiger partial charge in [-0.3, -0.25) is 10.1 Å². The highest BCUT2D eigenvalue weighted by atomic mass is 16.5. The van der Waals surface area contributed by atoms with Crippen molar-refractivity contribution >= 4 is 11.9 Å². The lowest BCUT2D eigenvalue weighted by Crippen LogP contribution is -2.51. The standard InChI is InChI=1S/C10H19N3O4/c1-7(8(14)13-9(11)15)12-5-10(16-2)3-4-17-6-10/h7,12H,3-6H2,1-2H3,(H3,11,13,14,15). The fourth-order valence-electron chi connectivity index (χ4n) is 1.62. The van der Waals surface area contributed by atoms with Crippen molar-refractivity contribution < 1.29 is 19.1 Å². The molecule has 1 fully saturated rings. The SMILES string of the molecule is COC1(CNC(C)C(=O)NC(N)=O)CCOC1. The topological polar surface area (TPSA) is 103 Å². The van der Waals surface area contributed by atoms with Crippen LogP contribution in [0.5, 0.6) is 0 Å². The Morgan fingerprint density at radius 1 is 1.59 bits per heavy atom. The second-order valence-electron chi connectivity index (χ2n) is 4.15. The quantitative estimate of drug-likeness (QED) is 0.574. The molecular formula is C10H19N3O4. The van der Waals surface area contributed by atoms with Crippen molar-refractivity contribution in [3.05, 3.63) is 0 Å². The Morgan fingerprint density at radius 3 is 2.76 bits per heavy atom. The lowest BCUT2D eigenvalue weighted by molar-refractivity contribution is -0.122. The molecule has 1 aliphatic rings. The van der Waals surface area contributed by atoms with E-state index in [4.69, 9.17) is 15.2 Å². The zero-order valence-corrected chi connectivity index (χ0v) is 10.1. The number of hydrogen-bond acceptors (Lipinski definition) is 5. The molecule has 0 aromatic rings. The molecule has 0 spiro atoms. The first-order chi connectivity index (χ1) is 7.99. The molecule has 0 aromatic carbocycles. The van der Waals surface area contributed by atoms with Crippen molar-refractivity contribution in [3.63, 3.8) is 0 Å². The van der Waals surface area contributed by atoms with Crippen LogP contribution in [-0.2, 0) is 14.3 Å². The molecule has 1 aliphatic heterocycles. The van der Waals surface area contributed by atoms with Crippen LogP contribution in [0.3, 0.4) is 0 Å². The molecule has 2 unspecified atom stereocenters. The van der Waals surface area contributed by atoms with Crippen LogP contribution in [-0.4, -0.2) is 50.4 Å². The number of urea groups is 1. The molecule has 1 heterocycles. The molecule has 0 aliphatic carbocycles. The van der Waals surface area contributed by atoms with Crippen LogP contribution >= 0.6 is 0 Å². The molecule has 0 bridgehead atoms. The third-order valence-corrected chi connectivity index (χ3v) is 2.87. The van der Waals surface area contributed by atoms with Gasteiger partial charge in [0.1, 0.15) is 5.60 Å². The number of rotatable bonds is 5. The number of primary amides is 1. The number of carbonyl (C=O) groups is 2. The Hall–Kier alpha value is -1.18. The second-order valence-corrected chi connectivity index (χ2v) is 4.15. The average Bonchev–Trinajstić information content (AvgIpc) is 2.74.